The van der Waals surface area contributed by atoms with E-state index >= 15 is 0 Å². The number of hydrogen-bond donors (Lipinski definition) is 0. The van der Waals surface area contributed by atoms with Crippen molar-refractivity contribution >= 4 is 17.2 Å². The van der Waals surface area contributed by atoms with E-state index in [0.717, 1.165) is 53.4 Å². The highest BCUT2D eigenvalue weighted by molar-refractivity contribution is 7.09. The molecule has 1 unspecified atom stereocenters. The standard InChI is InChI=1S/C17H21F3N4S/c1-10(2)15-21-11(3)7-14(23-15)24-6-4-5-12(8-24)16-22-13(9-25-16)17(18,19)20/h7,9-10,12H,4-6,8H2,1-3H3. The number of nitrogens with zero attached hydrogens (tertiary/aromatic N) is 4. The molecule has 25 heavy (non-hydrogen) atoms. The van der Waals surface area contributed by atoms with Gasteiger partial charge >= 0.3 is 6.18 Å². The zero-order valence-electron chi connectivity index (χ0n) is 14.5. The Morgan fingerprint density at radius 1 is 1.24 bits per heavy atom. The monoisotopic (exact) mass is 370 g/mol. The highest BCUT2D eigenvalue weighted by Gasteiger charge is 2.35. The maximum absolute atomic E-state index is 12.8. The van der Waals surface area contributed by atoms with Crippen LogP contribution in [-0.2, 0) is 6.18 Å². The summed E-state index contributed by atoms with van der Waals surface area (Å²) in [5.74, 6) is 1.89. The Bertz CT molecular complexity index is 742. The largest absolute Gasteiger partial charge is 0.434 e. The smallest absolute Gasteiger partial charge is 0.356 e. The Balaban J connectivity index is 1.81. The molecule has 3 heterocycles. The highest BCUT2D eigenvalue weighted by atomic mass is 32.1. The maximum Gasteiger partial charge on any atom is 0.434 e. The molecule has 0 N–H and O–H groups in total. The molecular formula is C17H21F3N4S. The number of alkyl halides is 3. The quantitative estimate of drug-likeness (QED) is 0.781. The molecule has 0 amide bonds. The van der Waals surface area contributed by atoms with Crippen LogP contribution in [0.4, 0.5) is 19.0 Å². The Morgan fingerprint density at radius 3 is 2.64 bits per heavy atom. The fraction of sp³-hybridized carbons (Fsp3) is 0.588. The number of anilines is 1. The fourth-order valence-corrected chi connectivity index (χ4v) is 3.94. The van der Waals surface area contributed by atoms with Crippen LogP contribution in [0.2, 0.25) is 0 Å². The number of piperidine rings is 1. The molecule has 1 saturated heterocycles. The Hall–Kier alpha value is -1.70. The molecule has 2 aromatic rings. The van der Waals surface area contributed by atoms with Crippen LogP contribution in [0.25, 0.3) is 0 Å². The molecule has 2 aromatic heterocycles. The van der Waals surface area contributed by atoms with Crippen LogP contribution >= 0.6 is 11.3 Å². The van der Waals surface area contributed by atoms with Crippen molar-refractivity contribution in [1.82, 2.24) is 15.0 Å². The first-order valence-electron chi connectivity index (χ1n) is 8.37. The first kappa shape index (κ1) is 18.1. The van der Waals surface area contributed by atoms with Gasteiger partial charge in [0.15, 0.2) is 5.69 Å². The van der Waals surface area contributed by atoms with E-state index in [0.29, 0.717) is 11.6 Å². The van der Waals surface area contributed by atoms with Crippen molar-refractivity contribution < 1.29 is 13.2 Å². The van der Waals surface area contributed by atoms with E-state index in [-0.39, 0.29) is 11.8 Å². The normalized spacial score (nSPS) is 18.8. The molecule has 3 rings (SSSR count). The lowest BCUT2D eigenvalue weighted by atomic mass is 9.98. The predicted octanol–water partition coefficient (Wildman–Crippen LogP) is 4.77. The zero-order valence-corrected chi connectivity index (χ0v) is 15.3. The van der Waals surface area contributed by atoms with Gasteiger partial charge in [-0.3, -0.25) is 0 Å². The van der Waals surface area contributed by atoms with Gasteiger partial charge in [0.2, 0.25) is 0 Å². The number of thiazole rings is 1. The summed E-state index contributed by atoms with van der Waals surface area (Å²) in [5.41, 5.74) is 0.119. The molecule has 0 bridgehead atoms. The van der Waals surface area contributed by atoms with Crippen molar-refractivity contribution in [2.24, 2.45) is 0 Å². The van der Waals surface area contributed by atoms with Gasteiger partial charge in [-0.2, -0.15) is 13.2 Å². The Labute approximate surface area is 149 Å². The van der Waals surface area contributed by atoms with E-state index in [4.69, 9.17) is 0 Å². The van der Waals surface area contributed by atoms with Crippen LogP contribution in [0.1, 0.15) is 60.7 Å². The van der Waals surface area contributed by atoms with Gasteiger partial charge in [-0.1, -0.05) is 13.8 Å². The van der Waals surface area contributed by atoms with Crippen molar-refractivity contribution in [3.63, 3.8) is 0 Å². The second kappa shape index (κ2) is 6.90. The van der Waals surface area contributed by atoms with Crippen LogP contribution in [0.5, 0.6) is 0 Å². The Morgan fingerprint density at radius 2 is 2.00 bits per heavy atom. The molecule has 1 aliphatic rings. The minimum absolute atomic E-state index is 0.00706. The number of aryl methyl sites for hydroxylation is 1. The topological polar surface area (TPSA) is 41.9 Å². The van der Waals surface area contributed by atoms with Crippen LogP contribution in [0.3, 0.4) is 0 Å². The minimum atomic E-state index is -4.38. The summed E-state index contributed by atoms with van der Waals surface area (Å²) in [6, 6.07) is 1.94. The molecule has 136 valence electrons. The third-order valence-electron chi connectivity index (χ3n) is 4.28. The maximum atomic E-state index is 12.8. The summed E-state index contributed by atoms with van der Waals surface area (Å²) in [5, 5.41) is 1.67. The molecule has 0 radical (unpaired) electrons. The SMILES string of the molecule is Cc1cc(N2CCCC(c3nc(C(F)(F)F)cs3)C2)nc(C(C)C)n1. The van der Waals surface area contributed by atoms with Gasteiger partial charge in [0, 0.05) is 42.1 Å². The lowest BCUT2D eigenvalue weighted by Gasteiger charge is -2.33. The van der Waals surface area contributed by atoms with E-state index in [1.54, 1.807) is 0 Å². The fourth-order valence-electron chi connectivity index (χ4n) is 2.99. The second-order valence-corrected chi connectivity index (χ2v) is 7.62. The summed E-state index contributed by atoms with van der Waals surface area (Å²) < 4.78 is 38.4. The van der Waals surface area contributed by atoms with Crippen molar-refractivity contribution in [3.8, 4) is 0 Å². The molecule has 0 aromatic carbocycles. The molecule has 8 heteroatoms. The van der Waals surface area contributed by atoms with Gasteiger partial charge in [0.1, 0.15) is 11.6 Å². The molecule has 1 fully saturated rings. The summed E-state index contributed by atoms with van der Waals surface area (Å²) in [4.78, 5) is 15.1. The number of halogens is 3. The first-order valence-corrected chi connectivity index (χ1v) is 9.25. The molecule has 0 saturated carbocycles. The molecule has 1 aliphatic heterocycles. The van der Waals surface area contributed by atoms with Crippen molar-refractivity contribution in [2.75, 3.05) is 18.0 Å². The van der Waals surface area contributed by atoms with E-state index < -0.39 is 11.9 Å². The van der Waals surface area contributed by atoms with Crippen LogP contribution in [-0.4, -0.2) is 28.0 Å². The molecule has 1 atom stereocenters. The van der Waals surface area contributed by atoms with E-state index in [9.17, 15) is 13.2 Å². The minimum Gasteiger partial charge on any atom is -0.356 e. The van der Waals surface area contributed by atoms with Gasteiger partial charge in [-0.25, -0.2) is 15.0 Å². The lowest BCUT2D eigenvalue weighted by molar-refractivity contribution is -0.140. The van der Waals surface area contributed by atoms with Gasteiger partial charge in [-0.15, -0.1) is 11.3 Å². The van der Waals surface area contributed by atoms with Crippen LogP contribution in [0, 0.1) is 6.92 Å². The van der Waals surface area contributed by atoms with E-state index in [1.165, 1.54) is 0 Å². The number of hydrogen-bond acceptors (Lipinski definition) is 5. The van der Waals surface area contributed by atoms with Gasteiger partial charge in [0.05, 0.1) is 5.01 Å². The third kappa shape index (κ3) is 4.11. The average molecular weight is 370 g/mol. The third-order valence-corrected chi connectivity index (χ3v) is 5.29. The first-order chi connectivity index (χ1) is 11.7. The lowest BCUT2D eigenvalue weighted by Crippen LogP contribution is -2.35. The van der Waals surface area contributed by atoms with Gasteiger partial charge < -0.3 is 4.90 Å². The number of aromatic nitrogens is 3. The summed E-state index contributed by atoms with van der Waals surface area (Å²) in [6.45, 7) is 7.52. The van der Waals surface area contributed by atoms with Crippen molar-refractivity contribution in [2.45, 2.75) is 51.6 Å². The van der Waals surface area contributed by atoms with Crippen LogP contribution < -0.4 is 4.90 Å². The molecule has 0 aliphatic carbocycles. The molecule has 0 spiro atoms. The summed E-state index contributed by atoms with van der Waals surface area (Å²) >= 11 is 1.10. The Kier molecular flexibility index (Phi) is 4.99. The van der Waals surface area contributed by atoms with Crippen molar-refractivity contribution in [3.05, 3.63) is 33.7 Å². The predicted molar refractivity (Wildman–Crippen MR) is 92.2 cm³/mol. The molecule has 4 nitrogen and oxygen atoms in total. The van der Waals surface area contributed by atoms with Gasteiger partial charge in [-0.05, 0) is 19.8 Å². The summed E-state index contributed by atoms with van der Waals surface area (Å²) in [6.07, 6.45) is -2.62. The average Bonchev–Trinajstić information content (AvgIpc) is 3.04. The van der Waals surface area contributed by atoms with E-state index in [2.05, 4.69) is 19.9 Å². The van der Waals surface area contributed by atoms with Crippen LogP contribution in [0.15, 0.2) is 11.4 Å². The second-order valence-electron chi connectivity index (χ2n) is 6.73. The van der Waals surface area contributed by atoms with Crippen molar-refractivity contribution in [1.29, 1.82) is 0 Å². The highest BCUT2D eigenvalue weighted by Crippen LogP contribution is 2.35. The number of rotatable bonds is 3. The van der Waals surface area contributed by atoms with E-state index in [1.807, 2.05) is 26.8 Å². The summed E-state index contributed by atoms with van der Waals surface area (Å²) in [7, 11) is 0. The van der Waals surface area contributed by atoms with Gasteiger partial charge in [0.25, 0.3) is 0 Å². The zero-order chi connectivity index (χ0) is 18.2. The molecular weight excluding hydrogens is 349 g/mol.